The van der Waals surface area contributed by atoms with E-state index in [4.69, 9.17) is 9.84 Å². The Bertz CT molecular complexity index is 723. The third-order valence-corrected chi connectivity index (χ3v) is 3.55. The van der Waals surface area contributed by atoms with E-state index in [1.165, 1.54) is 17.7 Å². The van der Waals surface area contributed by atoms with Crippen LogP contribution in [-0.4, -0.2) is 23.6 Å². The number of aryl methyl sites for hydroxylation is 2. The maximum absolute atomic E-state index is 11.9. The molecule has 5 nitrogen and oxygen atoms in total. The second-order valence-corrected chi connectivity index (χ2v) is 5.65. The summed E-state index contributed by atoms with van der Waals surface area (Å²) < 4.78 is 5.69. The molecular weight excluding hydrogens is 306 g/mol. The first-order chi connectivity index (χ1) is 11.5. The van der Waals surface area contributed by atoms with Crippen LogP contribution in [0.15, 0.2) is 42.5 Å². The molecule has 2 N–H and O–H groups in total. The van der Waals surface area contributed by atoms with Gasteiger partial charge in [-0.1, -0.05) is 17.7 Å². The van der Waals surface area contributed by atoms with Gasteiger partial charge >= 0.3 is 5.97 Å². The van der Waals surface area contributed by atoms with Gasteiger partial charge in [-0.15, -0.1) is 0 Å². The van der Waals surface area contributed by atoms with Crippen LogP contribution in [0.2, 0.25) is 0 Å². The summed E-state index contributed by atoms with van der Waals surface area (Å²) in [5.74, 6) is -0.274. The molecule has 0 saturated carbocycles. The van der Waals surface area contributed by atoms with Gasteiger partial charge in [0.05, 0.1) is 12.2 Å². The minimum Gasteiger partial charge on any atom is -0.493 e. The van der Waals surface area contributed by atoms with E-state index in [1.54, 1.807) is 12.1 Å². The van der Waals surface area contributed by atoms with Crippen LogP contribution in [0.25, 0.3) is 0 Å². The first-order valence-corrected chi connectivity index (χ1v) is 7.79. The standard InChI is InChI=1S/C19H21NO4/c1-13-5-10-17(14(2)12-13)24-11-3-4-18(21)20-16-8-6-15(7-9-16)19(22)23/h5-10,12H,3-4,11H2,1-2H3,(H,20,21)(H,22,23). The normalized spacial score (nSPS) is 10.2. The van der Waals surface area contributed by atoms with Gasteiger partial charge in [0.2, 0.25) is 5.91 Å². The molecule has 24 heavy (non-hydrogen) atoms. The van der Waals surface area contributed by atoms with Crippen molar-refractivity contribution < 1.29 is 19.4 Å². The van der Waals surface area contributed by atoms with E-state index in [0.717, 1.165) is 11.3 Å². The molecule has 126 valence electrons. The summed E-state index contributed by atoms with van der Waals surface area (Å²) in [4.78, 5) is 22.6. The van der Waals surface area contributed by atoms with E-state index in [9.17, 15) is 9.59 Å². The molecule has 0 saturated heterocycles. The van der Waals surface area contributed by atoms with Crippen molar-refractivity contribution in [1.29, 1.82) is 0 Å². The van der Waals surface area contributed by atoms with Gasteiger partial charge in [-0.05, 0) is 56.2 Å². The van der Waals surface area contributed by atoms with Crippen molar-refractivity contribution in [2.24, 2.45) is 0 Å². The van der Waals surface area contributed by atoms with Crippen molar-refractivity contribution in [1.82, 2.24) is 0 Å². The zero-order chi connectivity index (χ0) is 17.5. The first kappa shape index (κ1) is 17.5. The third-order valence-electron chi connectivity index (χ3n) is 3.55. The highest BCUT2D eigenvalue weighted by atomic mass is 16.5. The van der Waals surface area contributed by atoms with E-state index >= 15 is 0 Å². The number of carbonyl (C=O) groups excluding carboxylic acids is 1. The predicted octanol–water partition coefficient (Wildman–Crippen LogP) is 3.80. The molecule has 0 heterocycles. The minimum atomic E-state index is -0.989. The Labute approximate surface area is 141 Å². The molecule has 0 aromatic heterocycles. The maximum atomic E-state index is 11.9. The average Bonchev–Trinajstić information content (AvgIpc) is 2.53. The van der Waals surface area contributed by atoms with Crippen LogP contribution < -0.4 is 10.1 Å². The Morgan fingerprint density at radius 3 is 2.42 bits per heavy atom. The number of aromatic carboxylic acids is 1. The van der Waals surface area contributed by atoms with Gasteiger partial charge in [-0.3, -0.25) is 4.79 Å². The van der Waals surface area contributed by atoms with Crippen molar-refractivity contribution >= 4 is 17.6 Å². The van der Waals surface area contributed by atoms with Crippen molar-refractivity contribution in [2.75, 3.05) is 11.9 Å². The molecule has 2 rings (SSSR count). The van der Waals surface area contributed by atoms with E-state index in [2.05, 4.69) is 11.4 Å². The Morgan fingerprint density at radius 2 is 1.79 bits per heavy atom. The predicted molar refractivity (Wildman–Crippen MR) is 92.7 cm³/mol. The number of anilines is 1. The fourth-order valence-electron chi connectivity index (χ4n) is 2.30. The molecule has 0 unspecified atom stereocenters. The highest BCUT2D eigenvalue weighted by molar-refractivity contribution is 5.92. The molecule has 1 amide bonds. The molecule has 0 radical (unpaired) electrons. The van der Waals surface area contributed by atoms with Gasteiger partial charge in [0, 0.05) is 12.1 Å². The summed E-state index contributed by atoms with van der Waals surface area (Å²) >= 11 is 0. The summed E-state index contributed by atoms with van der Waals surface area (Å²) in [5, 5.41) is 11.6. The third kappa shape index (κ3) is 5.12. The average molecular weight is 327 g/mol. The van der Waals surface area contributed by atoms with Crippen molar-refractivity contribution in [3.63, 3.8) is 0 Å². The van der Waals surface area contributed by atoms with Crippen LogP contribution in [0.1, 0.15) is 34.3 Å². The monoisotopic (exact) mass is 327 g/mol. The highest BCUT2D eigenvalue weighted by Crippen LogP contribution is 2.19. The lowest BCUT2D eigenvalue weighted by atomic mass is 10.1. The second kappa shape index (κ2) is 8.15. The van der Waals surface area contributed by atoms with Crippen LogP contribution in [0.5, 0.6) is 5.75 Å². The Morgan fingerprint density at radius 1 is 1.08 bits per heavy atom. The number of hydrogen-bond donors (Lipinski definition) is 2. The molecule has 0 aliphatic carbocycles. The van der Waals surface area contributed by atoms with Crippen molar-refractivity contribution in [3.8, 4) is 5.75 Å². The van der Waals surface area contributed by atoms with Crippen LogP contribution >= 0.6 is 0 Å². The van der Waals surface area contributed by atoms with Crippen molar-refractivity contribution in [2.45, 2.75) is 26.7 Å². The lowest BCUT2D eigenvalue weighted by Crippen LogP contribution is -2.13. The molecule has 0 aliphatic rings. The molecule has 2 aromatic carbocycles. The number of carboxylic acid groups (broad SMARTS) is 1. The number of rotatable bonds is 7. The van der Waals surface area contributed by atoms with E-state index < -0.39 is 5.97 Å². The molecular formula is C19H21NO4. The van der Waals surface area contributed by atoms with E-state index in [1.807, 2.05) is 26.0 Å². The zero-order valence-electron chi connectivity index (χ0n) is 13.8. The molecule has 0 fully saturated rings. The van der Waals surface area contributed by atoms with E-state index in [-0.39, 0.29) is 11.5 Å². The van der Waals surface area contributed by atoms with Gasteiger partial charge in [0.1, 0.15) is 5.75 Å². The van der Waals surface area contributed by atoms with Gasteiger partial charge in [0.25, 0.3) is 0 Å². The van der Waals surface area contributed by atoms with E-state index in [0.29, 0.717) is 25.1 Å². The lowest BCUT2D eigenvalue weighted by Gasteiger charge is -2.10. The molecule has 0 bridgehead atoms. The molecule has 5 heteroatoms. The summed E-state index contributed by atoms with van der Waals surface area (Å²) in [6, 6.07) is 12.1. The van der Waals surface area contributed by atoms with Crippen LogP contribution in [-0.2, 0) is 4.79 Å². The number of hydrogen-bond acceptors (Lipinski definition) is 3. The van der Waals surface area contributed by atoms with Crippen molar-refractivity contribution in [3.05, 3.63) is 59.2 Å². The molecule has 0 spiro atoms. The van der Waals surface area contributed by atoms with Crippen LogP contribution in [0.3, 0.4) is 0 Å². The Kier molecular flexibility index (Phi) is 5.95. The summed E-state index contributed by atoms with van der Waals surface area (Å²) in [6.45, 7) is 4.50. The number of carbonyl (C=O) groups is 2. The number of carboxylic acids is 1. The number of benzene rings is 2. The minimum absolute atomic E-state index is 0.123. The Balaban J connectivity index is 1.74. The second-order valence-electron chi connectivity index (χ2n) is 5.65. The quantitative estimate of drug-likeness (QED) is 0.759. The van der Waals surface area contributed by atoms with Crippen LogP contribution in [0, 0.1) is 13.8 Å². The summed E-state index contributed by atoms with van der Waals surface area (Å²) in [5.41, 5.74) is 3.04. The van der Waals surface area contributed by atoms with Gasteiger partial charge in [-0.25, -0.2) is 4.79 Å². The Hall–Kier alpha value is -2.82. The fourth-order valence-corrected chi connectivity index (χ4v) is 2.30. The van der Waals surface area contributed by atoms with Gasteiger partial charge < -0.3 is 15.2 Å². The fraction of sp³-hybridized carbons (Fsp3) is 0.263. The molecule has 0 aliphatic heterocycles. The van der Waals surface area contributed by atoms with Gasteiger partial charge in [0.15, 0.2) is 0 Å². The summed E-state index contributed by atoms with van der Waals surface area (Å²) in [7, 11) is 0. The largest absolute Gasteiger partial charge is 0.493 e. The maximum Gasteiger partial charge on any atom is 0.335 e. The first-order valence-electron chi connectivity index (χ1n) is 7.79. The smallest absolute Gasteiger partial charge is 0.335 e. The number of nitrogens with one attached hydrogen (secondary N) is 1. The summed E-state index contributed by atoms with van der Waals surface area (Å²) in [6.07, 6.45) is 0.942. The molecule has 0 atom stereocenters. The van der Waals surface area contributed by atoms with Gasteiger partial charge in [-0.2, -0.15) is 0 Å². The van der Waals surface area contributed by atoms with Crippen LogP contribution in [0.4, 0.5) is 5.69 Å². The lowest BCUT2D eigenvalue weighted by molar-refractivity contribution is -0.116. The highest BCUT2D eigenvalue weighted by Gasteiger charge is 2.06. The number of ether oxygens (including phenoxy) is 1. The molecule has 2 aromatic rings. The SMILES string of the molecule is Cc1ccc(OCCCC(=O)Nc2ccc(C(=O)O)cc2)c(C)c1. The topological polar surface area (TPSA) is 75.6 Å². The zero-order valence-corrected chi connectivity index (χ0v) is 13.8. The number of amides is 1.